The molecule has 4 aromatic rings. The summed E-state index contributed by atoms with van der Waals surface area (Å²) in [5.74, 6) is 1.29. The summed E-state index contributed by atoms with van der Waals surface area (Å²) in [4.78, 5) is 12.8. The molecule has 1 aromatic carbocycles. The lowest BCUT2D eigenvalue weighted by Gasteiger charge is -2.13. The van der Waals surface area contributed by atoms with Gasteiger partial charge in [0.2, 0.25) is 0 Å². The summed E-state index contributed by atoms with van der Waals surface area (Å²) in [6.07, 6.45) is 1.88. The quantitative estimate of drug-likeness (QED) is 0.582. The Labute approximate surface area is 162 Å². The van der Waals surface area contributed by atoms with Gasteiger partial charge >= 0.3 is 0 Å². The summed E-state index contributed by atoms with van der Waals surface area (Å²) >= 11 is 0. The maximum Gasteiger partial charge on any atom is 0.253 e. The Morgan fingerprint density at radius 1 is 1.11 bits per heavy atom. The van der Waals surface area contributed by atoms with E-state index in [9.17, 15) is 4.79 Å². The molecule has 0 bridgehead atoms. The van der Waals surface area contributed by atoms with E-state index in [2.05, 4.69) is 15.5 Å². The molecule has 3 heterocycles. The van der Waals surface area contributed by atoms with Crippen LogP contribution in [0.4, 0.5) is 0 Å². The van der Waals surface area contributed by atoms with Gasteiger partial charge in [-0.25, -0.2) is 0 Å². The average Bonchev–Trinajstić information content (AvgIpc) is 3.26. The molecule has 0 saturated heterocycles. The highest BCUT2D eigenvalue weighted by atomic mass is 16.5. The molecule has 0 saturated carbocycles. The topological polar surface area (TPSA) is 73.4 Å². The molecule has 1 amide bonds. The van der Waals surface area contributed by atoms with Crippen molar-refractivity contribution in [2.75, 3.05) is 7.11 Å². The molecule has 0 aliphatic rings. The van der Waals surface area contributed by atoms with E-state index >= 15 is 0 Å². The largest absolute Gasteiger partial charge is 0.495 e. The molecular formula is C21H21N5O2. The van der Waals surface area contributed by atoms with Crippen LogP contribution in [0.1, 0.15) is 27.6 Å². The average molecular weight is 375 g/mol. The standard InChI is InChI=1S/C21H21N5O2/c1-14-12-16(15(2)26(14)17-8-4-5-9-18(17)28-3)21(27)22-13-20-24-23-19-10-6-7-11-25(19)20/h4-12H,13H2,1-3H3,(H,22,27). The first kappa shape index (κ1) is 17.8. The lowest BCUT2D eigenvalue weighted by Crippen LogP contribution is -2.24. The third kappa shape index (κ3) is 3.00. The monoisotopic (exact) mass is 375 g/mol. The number of benzene rings is 1. The molecule has 3 aromatic heterocycles. The van der Waals surface area contributed by atoms with Gasteiger partial charge in [-0.2, -0.15) is 0 Å². The van der Waals surface area contributed by atoms with Gasteiger partial charge < -0.3 is 14.6 Å². The van der Waals surface area contributed by atoms with Gasteiger partial charge in [0.15, 0.2) is 11.5 Å². The van der Waals surface area contributed by atoms with Crippen LogP contribution in [0, 0.1) is 13.8 Å². The van der Waals surface area contributed by atoms with Crippen molar-refractivity contribution in [3.8, 4) is 11.4 Å². The van der Waals surface area contributed by atoms with Gasteiger partial charge in [0.1, 0.15) is 5.75 Å². The number of ether oxygens (including phenoxy) is 1. The molecule has 0 fully saturated rings. The second-order valence-corrected chi connectivity index (χ2v) is 6.52. The van der Waals surface area contributed by atoms with E-state index in [1.54, 1.807) is 7.11 Å². The summed E-state index contributed by atoms with van der Waals surface area (Å²) in [6.45, 7) is 4.20. The first-order chi connectivity index (χ1) is 13.6. The van der Waals surface area contributed by atoms with Crippen molar-refractivity contribution < 1.29 is 9.53 Å². The highest BCUT2D eigenvalue weighted by molar-refractivity contribution is 5.95. The molecule has 1 N–H and O–H groups in total. The second kappa shape index (κ2) is 7.19. The smallest absolute Gasteiger partial charge is 0.253 e. The van der Waals surface area contributed by atoms with Crippen LogP contribution in [-0.4, -0.2) is 32.2 Å². The van der Waals surface area contributed by atoms with E-state index in [0.29, 0.717) is 17.9 Å². The van der Waals surface area contributed by atoms with Crippen molar-refractivity contribution in [3.63, 3.8) is 0 Å². The number of nitrogens with one attached hydrogen (secondary N) is 1. The minimum atomic E-state index is -0.151. The lowest BCUT2D eigenvalue weighted by molar-refractivity contribution is 0.0949. The van der Waals surface area contributed by atoms with E-state index in [1.807, 2.05) is 77.5 Å². The summed E-state index contributed by atoms with van der Waals surface area (Å²) in [6, 6.07) is 15.3. The third-order valence-electron chi connectivity index (χ3n) is 4.79. The Morgan fingerprint density at radius 3 is 2.71 bits per heavy atom. The molecule has 4 rings (SSSR count). The number of aromatic nitrogens is 4. The highest BCUT2D eigenvalue weighted by Crippen LogP contribution is 2.27. The summed E-state index contributed by atoms with van der Waals surface area (Å²) < 4.78 is 9.36. The number of carbonyl (C=O) groups is 1. The Kier molecular flexibility index (Phi) is 4.57. The number of rotatable bonds is 5. The van der Waals surface area contributed by atoms with Crippen LogP contribution in [-0.2, 0) is 6.54 Å². The van der Waals surface area contributed by atoms with E-state index in [1.165, 1.54) is 0 Å². The summed E-state index contributed by atoms with van der Waals surface area (Å²) in [7, 11) is 1.64. The number of aryl methyl sites for hydroxylation is 1. The van der Waals surface area contributed by atoms with Crippen LogP contribution in [0.5, 0.6) is 5.75 Å². The van der Waals surface area contributed by atoms with Crippen molar-refractivity contribution >= 4 is 11.6 Å². The van der Waals surface area contributed by atoms with Crippen LogP contribution in [0.2, 0.25) is 0 Å². The first-order valence-electron chi connectivity index (χ1n) is 8.99. The summed E-state index contributed by atoms with van der Waals surface area (Å²) in [5.41, 5.74) is 4.09. The number of amides is 1. The van der Waals surface area contributed by atoms with Gasteiger partial charge in [-0.3, -0.25) is 9.20 Å². The van der Waals surface area contributed by atoms with E-state index in [4.69, 9.17) is 4.74 Å². The number of methoxy groups -OCH3 is 1. The molecule has 0 spiro atoms. The van der Waals surface area contributed by atoms with Gasteiger partial charge in [0.05, 0.1) is 24.9 Å². The van der Waals surface area contributed by atoms with Gasteiger partial charge in [-0.1, -0.05) is 18.2 Å². The predicted molar refractivity (Wildman–Crippen MR) is 106 cm³/mol. The number of carbonyl (C=O) groups excluding carboxylic acids is 1. The molecule has 0 radical (unpaired) electrons. The minimum absolute atomic E-state index is 0.151. The normalized spacial score (nSPS) is 11.0. The van der Waals surface area contributed by atoms with Crippen LogP contribution in [0.25, 0.3) is 11.3 Å². The highest BCUT2D eigenvalue weighted by Gasteiger charge is 2.19. The number of nitrogens with zero attached hydrogens (tertiary/aromatic N) is 4. The number of fused-ring (bicyclic) bond motifs is 1. The SMILES string of the molecule is COc1ccccc1-n1c(C)cc(C(=O)NCc2nnc3ccccn23)c1C. The Bertz CT molecular complexity index is 1160. The zero-order chi connectivity index (χ0) is 19.7. The van der Waals surface area contributed by atoms with Crippen LogP contribution < -0.4 is 10.1 Å². The number of hydrogen-bond donors (Lipinski definition) is 1. The fraction of sp³-hybridized carbons (Fsp3) is 0.190. The predicted octanol–water partition coefficient (Wildman–Crippen LogP) is 3.08. The molecule has 0 atom stereocenters. The first-order valence-corrected chi connectivity index (χ1v) is 8.99. The van der Waals surface area contributed by atoms with Crippen molar-refractivity contribution in [1.82, 2.24) is 24.5 Å². The van der Waals surface area contributed by atoms with Gasteiger partial charge in [0.25, 0.3) is 5.91 Å². The third-order valence-corrected chi connectivity index (χ3v) is 4.79. The Hall–Kier alpha value is -3.61. The number of hydrogen-bond acceptors (Lipinski definition) is 4. The fourth-order valence-electron chi connectivity index (χ4n) is 3.44. The summed E-state index contributed by atoms with van der Waals surface area (Å²) in [5, 5.41) is 11.2. The van der Waals surface area contributed by atoms with Crippen molar-refractivity contribution in [2.45, 2.75) is 20.4 Å². The lowest BCUT2D eigenvalue weighted by atomic mass is 10.2. The molecule has 7 nitrogen and oxygen atoms in total. The molecular weight excluding hydrogens is 354 g/mol. The molecule has 142 valence electrons. The van der Waals surface area contributed by atoms with E-state index in [0.717, 1.165) is 28.5 Å². The van der Waals surface area contributed by atoms with Crippen LogP contribution in [0.15, 0.2) is 54.7 Å². The van der Waals surface area contributed by atoms with Gasteiger partial charge in [-0.15, -0.1) is 10.2 Å². The Balaban J connectivity index is 1.60. The number of pyridine rings is 1. The molecule has 0 aliphatic heterocycles. The number of para-hydroxylation sites is 2. The maximum atomic E-state index is 12.8. The van der Waals surface area contributed by atoms with Crippen LogP contribution >= 0.6 is 0 Å². The van der Waals surface area contributed by atoms with E-state index in [-0.39, 0.29) is 5.91 Å². The van der Waals surface area contributed by atoms with E-state index < -0.39 is 0 Å². The van der Waals surface area contributed by atoms with Crippen molar-refractivity contribution in [3.05, 3.63) is 77.5 Å². The zero-order valence-electron chi connectivity index (χ0n) is 16.0. The Morgan fingerprint density at radius 2 is 1.89 bits per heavy atom. The molecule has 0 aliphatic carbocycles. The van der Waals surface area contributed by atoms with Crippen molar-refractivity contribution in [1.29, 1.82) is 0 Å². The zero-order valence-corrected chi connectivity index (χ0v) is 16.0. The maximum absolute atomic E-state index is 12.8. The molecule has 0 unspecified atom stereocenters. The second-order valence-electron chi connectivity index (χ2n) is 6.52. The van der Waals surface area contributed by atoms with Gasteiger partial charge in [-0.05, 0) is 44.2 Å². The van der Waals surface area contributed by atoms with Gasteiger partial charge in [0, 0.05) is 17.6 Å². The molecule has 7 heteroatoms. The fourth-order valence-corrected chi connectivity index (χ4v) is 3.44. The van der Waals surface area contributed by atoms with Crippen LogP contribution in [0.3, 0.4) is 0 Å². The van der Waals surface area contributed by atoms with Crippen molar-refractivity contribution in [2.24, 2.45) is 0 Å². The molecule has 28 heavy (non-hydrogen) atoms. The minimum Gasteiger partial charge on any atom is -0.495 e.